The molecule has 1 fully saturated rings. The number of thiophene rings is 1. The van der Waals surface area contributed by atoms with Crippen molar-refractivity contribution in [3.63, 3.8) is 0 Å². The van der Waals surface area contributed by atoms with Crippen LogP contribution < -0.4 is 5.32 Å². The minimum absolute atomic E-state index is 0.119. The Bertz CT molecular complexity index is 1150. The fraction of sp³-hybridized carbons (Fsp3) is 0.455. The van der Waals surface area contributed by atoms with E-state index in [1.54, 1.807) is 18.2 Å². The van der Waals surface area contributed by atoms with Crippen molar-refractivity contribution in [2.45, 2.75) is 37.0 Å². The number of nitrogens with one attached hydrogen (secondary N) is 1. The molecule has 10 heteroatoms. The first-order valence-corrected chi connectivity index (χ1v) is 13.3. The van der Waals surface area contributed by atoms with E-state index in [1.807, 2.05) is 0 Å². The Labute approximate surface area is 197 Å². The van der Waals surface area contributed by atoms with Gasteiger partial charge in [-0.15, -0.1) is 11.3 Å². The zero-order valence-corrected chi connectivity index (χ0v) is 20.0. The van der Waals surface area contributed by atoms with E-state index in [2.05, 4.69) is 16.3 Å². The first-order chi connectivity index (χ1) is 15.4. The molecule has 1 aromatic heterocycles. The lowest BCUT2D eigenvalue weighted by molar-refractivity contribution is -0.116. The Morgan fingerprint density at radius 2 is 1.88 bits per heavy atom. The molecule has 2 heterocycles. The molecule has 1 aliphatic heterocycles. The highest BCUT2D eigenvalue weighted by atomic mass is 35.5. The maximum absolute atomic E-state index is 12.9. The van der Waals surface area contributed by atoms with Crippen LogP contribution in [0, 0.1) is 11.3 Å². The summed E-state index contributed by atoms with van der Waals surface area (Å²) in [4.78, 5) is 16.0. The molecule has 7 nitrogen and oxygen atoms in total. The van der Waals surface area contributed by atoms with Crippen molar-refractivity contribution >= 4 is 43.9 Å². The molecule has 1 N–H and O–H groups in total. The van der Waals surface area contributed by atoms with E-state index in [4.69, 9.17) is 11.6 Å². The highest BCUT2D eigenvalue weighted by Crippen LogP contribution is 2.37. The smallest absolute Gasteiger partial charge is 0.244 e. The zero-order chi connectivity index (χ0) is 22.7. The maximum atomic E-state index is 12.9. The van der Waals surface area contributed by atoms with Gasteiger partial charge in [-0.1, -0.05) is 23.7 Å². The van der Waals surface area contributed by atoms with Crippen molar-refractivity contribution in [2.75, 3.05) is 38.0 Å². The quantitative estimate of drug-likeness (QED) is 0.666. The molecule has 1 saturated heterocycles. The summed E-state index contributed by atoms with van der Waals surface area (Å²) in [6.07, 6.45) is 4.40. The number of sulfonamides is 1. The topological polar surface area (TPSA) is 93.5 Å². The number of nitriles is 1. The minimum Gasteiger partial charge on any atom is -0.317 e. The van der Waals surface area contributed by atoms with Crippen LogP contribution >= 0.6 is 22.9 Å². The highest BCUT2D eigenvalue weighted by Gasteiger charge is 2.30. The first-order valence-electron chi connectivity index (χ1n) is 10.7. The lowest BCUT2D eigenvalue weighted by Crippen LogP contribution is -2.49. The van der Waals surface area contributed by atoms with Gasteiger partial charge in [0.2, 0.25) is 15.9 Å². The van der Waals surface area contributed by atoms with Crippen LogP contribution in [-0.4, -0.2) is 56.3 Å². The fourth-order valence-corrected chi connectivity index (χ4v) is 7.38. The Kier molecular flexibility index (Phi) is 7.17. The third-order valence-electron chi connectivity index (χ3n) is 5.98. The van der Waals surface area contributed by atoms with E-state index in [0.717, 1.165) is 31.2 Å². The lowest BCUT2D eigenvalue weighted by atomic mass is 9.96. The van der Waals surface area contributed by atoms with Crippen LogP contribution in [0.5, 0.6) is 0 Å². The fourth-order valence-electron chi connectivity index (χ4n) is 4.21. The molecule has 0 bridgehead atoms. The molecule has 2 aliphatic rings. The van der Waals surface area contributed by atoms with E-state index in [9.17, 15) is 18.5 Å². The van der Waals surface area contributed by atoms with Crippen molar-refractivity contribution in [3.8, 4) is 6.07 Å². The predicted molar refractivity (Wildman–Crippen MR) is 126 cm³/mol. The van der Waals surface area contributed by atoms with Crippen LogP contribution in [0.15, 0.2) is 29.2 Å². The number of rotatable bonds is 6. The van der Waals surface area contributed by atoms with Gasteiger partial charge >= 0.3 is 0 Å². The number of nitrogens with zero attached hydrogens (tertiary/aromatic N) is 3. The second-order valence-electron chi connectivity index (χ2n) is 8.00. The first kappa shape index (κ1) is 23.2. The van der Waals surface area contributed by atoms with Crippen molar-refractivity contribution in [3.05, 3.63) is 45.3 Å². The third kappa shape index (κ3) is 4.85. The molecule has 170 valence electrons. The van der Waals surface area contributed by atoms with Gasteiger partial charge in [0.05, 0.1) is 10.6 Å². The zero-order valence-electron chi connectivity index (χ0n) is 17.6. The molecule has 0 unspecified atom stereocenters. The largest absolute Gasteiger partial charge is 0.317 e. The van der Waals surface area contributed by atoms with E-state index in [0.29, 0.717) is 49.7 Å². The van der Waals surface area contributed by atoms with Crippen molar-refractivity contribution in [2.24, 2.45) is 0 Å². The molecule has 32 heavy (non-hydrogen) atoms. The second kappa shape index (κ2) is 9.89. The van der Waals surface area contributed by atoms with Gasteiger partial charge in [-0.2, -0.15) is 9.57 Å². The molecular weight excluding hydrogens is 468 g/mol. The van der Waals surface area contributed by atoms with E-state index in [1.165, 1.54) is 26.6 Å². The predicted octanol–water partition coefficient (Wildman–Crippen LogP) is 3.49. The lowest BCUT2D eigenvalue weighted by Gasteiger charge is -2.33. The monoisotopic (exact) mass is 492 g/mol. The summed E-state index contributed by atoms with van der Waals surface area (Å²) >= 11 is 7.61. The third-order valence-corrected chi connectivity index (χ3v) is 9.58. The maximum Gasteiger partial charge on any atom is 0.244 e. The number of halogens is 1. The molecule has 1 aromatic carbocycles. The molecule has 2 aromatic rings. The van der Waals surface area contributed by atoms with E-state index in [-0.39, 0.29) is 15.8 Å². The van der Waals surface area contributed by atoms with Gasteiger partial charge in [0.1, 0.15) is 16.0 Å². The SMILES string of the molecule is N#Cc1c(NC(=O)CCN2CCN(S(=O)(=O)c3ccccc3Cl)CC2)sc2c1CCCC2. The number of benzene rings is 1. The molecule has 0 radical (unpaired) electrons. The van der Waals surface area contributed by atoms with Crippen molar-refractivity contribution in [1.82, 2.24) is 9.21 Å². The summed E-state index contributed by atoms with van der Waals surface area (Å²) in [6.45, 7) is 2.34. The molecule has 1 aliphatic carbocycles. The number of fused-ring (bicyclic) bond motifs is 1. The van der Waals surface area contributed by atoms with Crippen LogP contribution in [0.2, 0.25) is 5.02 Å². The van der Waals surface area contributed by atoms with Gasteiger partial charge in [0.15, 0.2) is 0 Å². The van der Waals surface area contributed by atoms with Crippen molar-refractivity contribution in [1.29, 1.82) is 5.26 Å². The van der Waals surface area contributed by atoms with E-state index < -0.39 is 10.0 Å². The van der Waals surface area contributed by atoms with Crippen molar-refractivity contribution < 1.29 is 13.2 Å². The summed E-state index contributed by atoms with van der Waals surface area (Å²) in [5, 5.41) is 13.4. The van der Waals surface area contributed by atoms with E-state index >= 15 is 0 Å². The molecule has 0 saturated carbocycles. The summed E-state index contributed by atoms with van der Waals surface area (Å²) in [6, 6.07) is 8.72. The summed E-state index contributed by atoms with van der Waals surface area (Å²) < 4.78 is 27.2. The summed E-state index contributed by atoms with van der Waals surface area (Å²) in [5.74, 6) is -0.119. The highest BCUT2D eigenvalue weighted by molar-refractivity contribution is 7.89. The van der Waals surface area contributed by atoms with Crippen LogP contribution in [0.4, 0.5) is 5.00 Å². The van der Waals surface area contributed by atoms with Crippen LogP contribution in [0.3, 0.4) is 0 Å². The number of aryl methyl sites for hydroxylation is 1. The van der Waals surface area contributed by atoms with Crippen LogP contribution in [-0.2, 0) is 27.7 Å². The Balaban J connectivity index is 1.29. The second-order valence-corrected chi connectivity index (χ2v) is 11.4. The van der Waals surface area contributed by atoms with Gasteiger partial charge < -0.3 is 10.2 Å². The number of carbonyl (C=O) groups excluding carboxylic acids is 1. The summed E-state index contributed by atoms with van der Waals surface area (Å²) in [7, 11) is -3.63. The van der Waals surface area contributed by atoms with Gasteiger partial charge in [0, 0.05) is 44.0 Å². The Morgan fingerprint density at radius 1 is 1.16 bits per heavy atom. The van der Waals surface area contributed by atoms with Crippen LogP contribution in [0.1, 0.15) is 35.3 Å². The van der Waals surface area contributed by atoms with Gasteiger partial charge in [-0.05, 0) is 43.4 Å². The number of hydrogen-bond donors (Lipinski definition) is 1. The van der Waals surface area contributed by atoms with Gasteiger partial charge in [-0.25, -0.2) is 8.42 Å². The number of hydrogen-bond acceptors (Lipinski definition) is 6. The number of anilines is 1. The Morgan fingerprint density at radius 3 is 2.59 bits per heavy atom. The molecule has 4 rings (SSSR count). The normalized spacial score (nSPS) is 17.5. The number of amides is 1. The molecule has 1 amide bonds. The van der Waals surface area contributed by atoms with Crippen LogP contribution in [0.25, 0.3) is 0 Å². The Hall–Kier alpha value is -1.96. The average Bonchev–Trinajstić information content (AvgIpc) is 3.15. The number of carbonyl (C=O) groups is 1. The molecule has 0 spiro atoms. The summed E-state index contributed by atoms with van der Waals surface area (Å²) in [5.41, 5.74) is 1.73. The standard InChI is InChI=1S/C22H25ClN4O3S2/c23-18-6-2-4-8-20(18)32(29,30)27-13-11-26(12-14-27)10-9-21(28)25-22-17(15-24)16-5-1-3-7-19(16)31-22/h2,4,6,8H,1,3,5,7,9-14H2,(H,25,28). The molecule has 0 atom stereocenters. The number of piperazine rings is 1. The van der Waals surface area contributed by atoms with Gasteiger partial charge in [0.25, 0.3) is 0 Å². The minimum atomic E-state index is -3.63. The average molecular weight is 493 g/mol. The molecular formula is C22H25ClN4O3S2. The van der Waals surface area contributed by atoms with Gasteiger partial charge in [-0.3, -0.25) is 4.79 Å².